The van der Waals surface area contributed by atoms with Crippen molar-refractivity contribution in [3.8, 4) is 5.75 Å². The van der Waals surface area contributed by atoms with Gasteiger partial charge in [0.25, 0.3) is 0 Å². The second-order valence-electron chi connectivity index (χ2n) is 4.75. The molecular weight excluding hydrogens is 331 g/mol. The maximum atomic E-state index is 12.4. The number of carboxylic acid groups (broad SMARTS) is 2. The number of nitrogens with one attached hydrogen (secondary N) is 1. The van der Waals surface area contributed by atoms with Crippen LogP contribution in [0, 0.1) is 0 Å². The molecule has 24 heavy (non-hydrogen) atoms. The van der Waals surface area contributed by atoms with Gasteiger partial charge in [0.1, 0.15) is 12.4 Å². The maximum absolute atomic E-state index is 12.4. The van der Waals surface area contributed by atoms with Gasteiger partial charge in [-0.3, -0.25) is 0 Å². The van der Waals surface area contributed by atoms with Gasteiger partial charge >= 0.3 is 18.1 Å². The second-order valence-corrected chi connectivity index (χ2v) is 4.75. The van der Waals surface area contributed by atoms with Crippen molar-refractivity contribution in [1.29, 1.82) is 0 Å². The first-order valence-corrected chi connectivity index (χ1v) is 7.07. The van der Waals surface area contributed by atoms with Crippen molar-refractivity contribution >= 4 is 11.9 Å². The van der Waals surface area contributed by atoms with Crippen LogP contribution in [-0.4, -0.2) is 41.3 Å². The van der Waals surface area contributed by atoms with Crippen LogP contribution in [0.5, 0.6) is 5.75 Å². The van der Waals surface area contributed by atoms with Gasteiger partial charge in [0, 0.05) is 12.6 Å². The number of carboxylic acids is 2. The molecule has 1 unspecified atom stereocenters. The Bertz CT molecular complexity index is 522. The lowest BCUT2D eigenvalue weighted by Crippen LogP contribution is -2.29. The number of benzene rings is 1. The van der Waals surface area contributed by atoms with Gasteiger partial charge in [-0.05, 0) is 31.5 Å². The smallest absolute Gasteiger partial charge is 0.416 e. The molecule has 0 heterocycles. The molecule has 0 aliphatic rings. The molecule has 0 aromatic heterocycles. The van der Waals surface area contributed by atoms with Crippen molar-refractivity contribution in [2.75, 3.05) is 13.2 Å². The van der Waals surface area contributed by atoms with Crippen molar-refractivity contribution in [2.45, 2.75) is 32.5 Å². The van der Waals surface area contributed by atoms with Gasteiger partial charge in [-0.15, -0.1) is 0 Å². The molecule has 1 aromatic carbocycles. The van der Waals surface area contributed by atoms with E-state index in [4.69, 9.17) is 24.5 Å². The van der Waals surface area contributed by atoms with Crippen LogP contribution >= 0.6 is 0 Å². The van der Waals surface area contributed by atoms with Gasteiger partial charge in [-0.1, -0.05) is 13.0 Å². The number of carbonyl (C=O) groups is 2. The average Bonchev–Trinajstić information content (AvgIpc) is 2.51. The number of alkyl halides is 3. The van der Waals surface area contributed by atoms with Crippen LogP contribution in [0.4, 0.5) is 13.2 Å². The van der Waals surface area contributed by atoms with Gasteiger partial charge in [-0.2, -0.15) is 13.2 Å². The van der Waals surface area contributed by atoms with E-state index in [1.807, 2.05) is 6.92 Å². The quantitative estimate of drug-likeness (QED) is 0.539. The molecule has 136 valence electrons. The Morgan fingerprint density at radius 2 is 1.83 bits per heavy atom. The highest BCUT2D eigenvalue weighted by atomic mass is 19.4. The normalized spacial score (nSPS) is 11.9. The molecule has 1 rings (SSSR count). The highest BCUT2D eigenvalue weighted by Gasteiger charge is 2.30. The molecule has 0 aliphatic heterocycles. The van der Waals surface area contributed by atoms with E-state index in [2.05, 4.69) is 12.2 Å². The Labute approximate surface area is 137 Å². The van der Waals surface area contributed by atoms with Crippen LogP contribution in [0.25, 0.3) is 0 Å². The minimum absolute atomic E-state index is 0.246. The van der Waals surface area contributed by atoms with Crippen LogP contribution in [0.15, 0.2) is 24.3 Å². The van der Waals surface area contributed by atoms with E-state index in [1.165, 1.54) is 12.1 Å². The first-order chi connectivity index (χ1) is 11.1. The molecule has 0 spiro atoms. The van der Waals surface area contributed by atoms with E-state index in [9.17, 15) is 13.2 Å². The van der Waals surface area contributed by atoms with Crippen molar-refractivity contribution in [1.82, 2.24) is 5.32 Å². The van der Waals surface area contributed by atoms with E-state index in [1.54, 1.807) is 0 Å². The van der Waals surface area contributed by atoms with Crippen molar-refractivity contribution in [2.24, 2.45) is 0 Å². The maximum Gasteiger partial charge on any atom is 0.416 e. The molecule has 1 atom stereocenters. The molecule has 0 aliphatic carbocycles. The summed E-state index contributed by atoms with van der Waals surface area (Å²) in [5, 5.41) is 18.0. The molecule has 0 radical (unpaired) electrons. The number of aliphatic carboxylic acids is 2. The summed E-state index contributed by atoms with van der Waals surface area (Å²) in [4.78, 5) is 18.2. The third kappa shape index (κ3) is 9.67. The lowest BCUT2D eigenvalue weighted by Gasteiger charge is -2.13. The predicted octanol–water partition coefficient (Wildman–Crippen LogP) is 2.63. The van der Waals surface area contributed by atoms with E-state index in [0.717, 1.165) is 18.6 Å². The Kier molecular flexibility index (Phi) is 9.48. The van der Waals surface area contributed by atoms with Gasteiger partial charge in [0.2, 0.25) is 0 Å². The van der Waals surface area contributed by atoms with Gasteiger partial charge in [0.05, 0.1) is 5.56 Å². The van der Waals surface area contributed by atoms with Crippen molar-refractivity contribution in [3.05, 3.63) is 29.8 Å². The Hall–Kier alpha value is -2.29. The second kappa shape index (κ2) is 10.5. The van der Waals surface area contributed by atoms with Crippen LogP contribution in [-0.2, 0) is 15.8 Å². The predicted molar refractivity (Wildman–Crippen MR) is 80.0 cm³/mol. The standard InChI is InChI=1S/C13H18F3NO.C2H2O4/c1-3-10(2)17-7-8-18-12-6-4-5-11(9-12)13(14,15)16;3-1(4)2(5)6/h4-6,9-10,17H,3,7-8H2,1-2H3;(H,3,4)(H,5,6). The fraction of sp³-hybridized carbons (Fsp3) is 0.467. The first-order valence-electron chi connectivity index (χ1n) is 7.07. The lowest BCUT2D eigenvalue weighted by atomic mass is 10.2. The fourth-order valence-corrected chi connectivity index (χ4v) is 1.38. The number of hydrogen-bond donors (Lipinski definition) is 3. The number of halogens is 3. The average molecular weight is 351 g/mol. The first kappa shape index (κ1) is 21.7. The Morgan fingerprint density at radius 3 is 2.29 bits per heavy atom. The van der Waals surface area contributed by atoms with Gasteiger partial charge in [0.15, 0.2) is 0 Å². The summed E-state index contributed by atoms with van der Waals surface area (Å²) < 4.78 is 42.6. The molecule has 3 N–H and O–H groups in total. The summed E-state index contributed by atoms with van der Waals surface area (Å²) >= 11 is 0. The molecule has 9 heteroatoms. The topological polar surface area (TPSA) is 95.9 Å². The summed E-state index contributed by atoms with van der Waals surface area (Å²) in [5.74, 6) is -3.40. The SMILES string of the molecule is CCC(C)NCCOc1cccc(C(F)(F)F)c1.O=C(O)C(=O)O. The Morgan fingerprint density at radius 1 is 1.25 bits per heavy atom. The summed E-state index contributed by atoms with van der Waals surface area (Å²) in [6, 6.07) is 5.31. The van der Waals surface area contributed by atoms with E-state index in [-0.39, 0.29) is 5.75 Å². The van der Waals surface area contributed by atoms with E-state index >= 15 is 0 Å². The van der Waals surface area contributed by atoms with Gasteiger partial charge in [-0.25, -0.2) is 9.59 Å². The zero-order chi connectivity index (χ0) is 18.8. The molecular formula is C15H20F3NO5. The molecule has 0 saturated heterocycles. The highest BCUT2D eigenvalue weighted by molar-refractivity contribution is 6.27. The zero-order valence-electron chi connectivity index (χ0n) is 13.3. The van der Waals surface area contributed by atoms with Gasteiger partial charge < -0.3 is 20.3 Å². The van der Waals surface area contributed by atoms with Crippen LogP contribution in [0.2, 0.25) is 0 Å². The van der Waals surface area contributed by atoms with Crippen LogP contribution in [0.1, 0.15) is 25.8 Å². The third-order valence-electron chi connectivity index (χ3n) is 2.82. The molecule has 1 aromatic rings. The monoisotopic (exact) mass is 351 g/mol. The summed E-state index contributed by atoms with van der Waals surface area (Å²) in [5.41, 5.74) is -0.685. The number of rotatable bonds is 6. The molecule has 0 fully saturated rings. The number of ether oxygens (including phenoxy) is 1. The highest BCUT2D eigenvalue weighted by Crippen LogP contribution is 2.31. The van der Waals surface area contributed by atoms with Crippen LogP contribution < -0.4 is 10.1 Å². The summed E-state index contributed by atoms with van der Waals surface area (Å²) in [7, 11) is 0. The minimum Gasteiger partial charge on any atom is -0.492 e. The summed E-state index contributed by atoms with van der Waals surface area (Å²) in [6.45, 7) is 5.08. The van der Waals surface area contributed by atoms with Crippen molar-refractivity contribution < 1.29 is 37.7 Å². The molecule has 0 amide bonds. The molecule has 0 saturated carbocycles. The Balaban J connectivity index is 0.000000754. The van der Waals surface area contributed by atoms with E-state index in [0.29, 0.717) is 19.2 Å². The molecule has 6 nitrogen and oxygen atoms in total. The molecule has 0 bridgehead atoms. The fourth-order valence-electron chi connectivity index (χ4n) is 1.38. The van der Waals surface area contributed by atoms with Crippen LogP contribution in [0.3, 0.4) is 0 Å². The largest absolute Gasteiger partial charge is 0.492 e. The zero-order valence-corrected chi connectivity index (χ0v) is 13.3. The number of hydrogen-bond acceptors (Lipinski definition) is 4. The minimum atomic E-state index is -4.33. The van der Waals surface area contributed by atoms with Crippen molar-refractivity contribution in [3.63, 3.8) is 0 Å². The lowest BCUT2D eigenvalue weighted by molar-refractivity contribution is -0.159. The third-order valence-corrected chi connectivity index (χ3v) is 2.82. The summed E-state index contributed by atoms with van der Waals surface area (Å²) in [6.07, 6.45) is -3.32. The van der Waals surface area contributed by atoms with E-state index < -0.39 is 23.7 Å².